The second kappa shape index (κ2) is 6.97. The molecule has 0 aliphatic heterocycles. The number of benzene rings is 2. The molecule has 0 spiro atoms. The van der Waals surface area contributed by atoms with E-state index in [9.17, 15) is 4.79 Å². The van der Waals surface area contributed by atoms with Crippen molar-refractivity contribution in [3.63, 3.8) is 0 Å². The molecule has 114 valence electrons. The number of ether oxygens (including phenoxy) is 1. The number of hydrogen-bond acceptors (Lipinski definition) is 2. The normalized spacial score (nSPS) is 20.0. The van der Waals surface area contributed by atoms with E-state index in [-0.39, 0.29) is 12.1 Å². The van der Waals surface area contributed by atoms with Crippen LogP contribution in [-0.4, -0.2) is 12.1 Å². The highest BCUT2D eigenvalue weighted by Gasteiger charge is 2.31. The van der Waals surface area contributed by atoms with Crippen LogP contribution in [0.5, 0.6) is 0 Å². The van der Waals surface area contributed by atoms with Gasteiger partial charge in [-0.25, -0.2) is 4.79 Å². The van der Waals surface area contributed by atoms with Crippen molar-refractivity contribution < 1.29 is 9.53 Å². The van der Waals surface area contributed by atoms with E-state index in [2.05, 4.69) is 45.5 Å². The van der Waals surface area contributed by atoms with E-state index in [1.54, 1.807) is 0 Å². The van der Waals surface area contributed by atoms with E-state index in [0.717, 1.165) is 22.9 Å². The summed E-state index contributed by atoms with van der Waals surface area (Å²) in [6.45, 7) is 0.315. The first-order valence-electron chi connectivity index (χ1n) is 7.43. The van der Waals surface area contributed by atoms with E-state index >= 15 is 0 Å². The molecule has 0 radical (unpaired) electrons. The fourth-order valence-corrected chi connectivity index (χ4v) is 2.94. The van der Waals surface area contributed by atoms with Crippen LogP contribution in [0.3, 0.4) is 0 Å². The molecular formula is C18H18BrNO2. The molecule has 1 amide bonds. The maximum Gasteiger partial charge on any atom is 0.407 e. The Balaban J connectivity index is 1.40. The van der Waals surface area contributed by atoms with Crippen molar-refractivity contribution >= 4 is 22.0 Å². The highest BCUT2D eigenvalue weighted by molar-refractivity contribution is 9.10. The quantitative estimate of drug-likeness (QED) is 0.864. The first-order valence-corrected chi connectivity index (χ1v) is 8.22. The molecule has 1 N–H and O–H groups in total. The molecule has 1 fully saturated rings. The van der Waals surface area contributed by atoms with Crippen LogP contribution in [0.4, 0.5) is 4.79 Å². The van der Waals surface area contributed by atoms with Gasteiger partial charge in [0.25, 0.3) is 0 Å². The monoisotopic (exact) mass is 359 g/mol. The smallest absolute Gasteiger partial charge is 0.407 e. The van der Waals surface area contributed by atoms with Crippen LogP contribution >= 0.6 is 15.9 Å². The van der Waals surface area contributed by atoms with E-state index in [1.807, 2.05) is 30.3 Å². The average molecular weight is 360 g/mol. The zero-order chi connectivity index (χ0) is 15.4. The lowest BCUT2D eigenvalue weighted by Gasteiger charge is -2.35. The molecule has 0 unspecified atom stereocenters. The molecule has 1 saturated carbocycles. The van der Waals surface area contributed by atoms with Crippen molar-refractivity contribution in [2.75, 3.05) is 0 Å². The van der Waals surface area contributed by atoms with Crippen molar-refractivity contribution in [1.82, 2.24) is 5.32 Å². The predicted molar refractivity (Wildman–Crippen MR) is 89.7 cm³/mol. The van der Waals surface area contributed by atoms with Gasteiger partial charge in [0.15, 0.2) is 0 Å². The van der Waals surface area contributed by atoms with Gasteiger partial charge < -0.3 is 10.1 Å². The zero-order valence-electron chi connectivity index (χ0n) is 12.2. The van der Waals surface area contributed by atoms with E-state index in [4.69, 9.17) is 4.74 Å². The van der Waals surface area contributed by atoms with Gasteiger partial charge in [-0.05, 0) is 42.0 Å². The second-order valence-electron chi connectivity index (χ2n) is 5.62. The maximum absolute atomic E-state index is 11.8. The van der Waals surface area contributed by atoms with E-state index in [0.29, 0.717) is 12.5 Å². The number of carbonyl (C=O) groups excluding carboxylic acids is 1. The minimum absolute atomic E-state index is 0.219. The summed E-state index contributed by atoms with van der Waals surface area (Å²) in [7, 11) is 0. The molecule has 2 aromatic carbocycles. The molecule has 1 aliphatic rings. The second-order valence-corrected chi connectivity index (χ2v) is 6.54. The maximum atomic E-state index is 11.8. The Morgan fingerprint density at radius 3 is 2.45 bits per heavy atom. The molecule has 1 aliphatic carbocycles. The highest BCUT2D eigenvalue weighted by atomic mass is 79.9. The zero-order valence-corrected chi connectivity index (χ0v) is 13.8. The SMILES string of the molecule is O=C(NC1CC(c2ccc(Br)cc2)C1)OCc1ccccc1. The van der Waals surface area contributed by atoms with Gasteiger partial charge in [0.1, 0.15) is 6.61 Å². The summed E-state index contributed by atoms with van der Waals surface area (Å²) in [5.41, 5.74) is 2.33. The third kappa shape index (κ3) is 3.89. The Morgan fingerprint density at radius 1 is 1.09 bits per heavy atom. The van der Waals surface area contributed by atoms with E-state index in [1.165, 1.54) is 5.56 Å². The van der Waals surface area contributed by atoms with Crippen molar-refractivity contribution in [2.45, 2.75) is 31.4 Å². The Morgan fingerprint density at radius 2 is 1.77 bits per heavy atom. The van der Waals surface area contributed by atoms with Crippen molar-refractivity contribution in [1.29, 1.82) is 0 Å². The largest absolute Gasteiger partial charge is 0.445 e. The third-order valence-electron chi connectivity index (χ3n) is 4.01. The molecule has 0 aromatic heterocycles. The number of carbonyl (C=O) groups is 1. The van der Waals surface area contributed by atoms with Gasteiger partial charge in [0.05, 0.1) is 0 Å². The minimum atomic E-state index is -0.330. The molecular weight excluding hydrogens is 342 g/mol. The highest BCUT2D eigenvalue weighted by Crippen LogP contribution is 2.37. The van der Waals surface area contributed by atoms with Gasteiger partial charge in [-0.3, -0.25) is 0 Å². The van der Waals surface area contributed by atoms with Crippen molar-refractivity contribution in [2.24, 2.45) is 0 Å². The molecule has 22 heavy (non-hydrogen) atoms. The molecule has 3 rings (SSSR count). The predicted octanol–water partition coefficient (Wildman–Crippen LogP) is 4.62. The lowest BCUT2D eigenvalue weighted by atomic mass is 9.76. The topological polar surface area (TPSA) is 38.3 Å². The first-order chi connectivity index (χ1) is 10.7. The molecule has 4 heteroatoms. The summed E-state index contributed by atoms with van der Waals surface area (Å²) in [6.07, 6.45) is 1.62. The van der Waals surface area contributed by atoms with Crippen LogP contribution in [0.25, 0.3) is 0 Å². The van der Waals surface area contributed by atoms with Crippen molar-refractivity contribution in [3.05, 3.63) is 70.2 Å². The van der Waals surface area contributed by atoms with Crippen molar-refractivity contribution in [3.8, 4) is 0 Å². The molecule has 0 saturated heterocycles. The molecule has 0 heterocycles. The fourth-order valence-electron chi connectivity index (χ4n) is 2.67. The van der Waals surface area contributed by atoms with Crippen LogP contribution < -0.4 is 5.32 Å². The number of hydrogen-bond donors (Lipinski definition) is 1. The number of alkyl carbamates (subject to hydrolysis) is 1. The Labute approximate surface area is 138 Å². The van der Waals surface area contributed by atoms with Crippen LogP contribution in [0.1, 0.15) is 29.9 Å². The molecule has 0 atom stereocenters. The minimum Gasteiger partial charge on any atom is -0.445 e. The van der Waals surface area contributed by atoms with Gasteiger partial charge in [0, 0.05) is 10.5 Å². The van der Waals surface area contributed by atoms with Gasteiger partial charge in [-0.15, -0.1) is 0 Å². The first kappa shape index (κ1) is 15.1. The standard InChI is InChI=1S/C18H18BrNO2/c19-16-8-6-14(7-9-16)15-10-17(11-15)20-18(21)22-12-13-4-2-1-3-5-13/h1-9,15,17H,10-12H2,(H,20,21). The molecule has 3 nitrogen and oxygen atoms in total. The van der Waals surface area contributed by atoms with Crippen LogP contribution in [-0.2, 0) is 11.3 Å². The Bertz CT molecular complexity index is 621. The summed E-state index contributed by atoms with van der Waals surface area (Å²) in [4.78, 5) is 11.8. The van der Waals surface area contributed by atoms with Crippen LogP contribution in [0.15, 0.2) is 59.1 Å². The molecule has 0 bridgehead atoms. The fraction of sp³-hybridized carbons (Fsp3) is 0.278. The Kier molecular flexibility index (Phi) is 4.78. The number of amides is 1. The Hall–Kier alpha value is -1.81. The van der Waals surface area contributed by atoms with Crippen LogP contribution in [0, 0.1) is 0 Å². The van der Waals surface area contributed by atoms with Crippen LogP contribution in [0.2, 0.25) is 0 Å². The summed E-state index contributed by atoms with van der Waals surface area (Å²) >= 11 is 3.44. The van der Waals surface area contributed by atoms with Gasteiger partial charge in [0.2, 0.25) is 0 Å². The summed E-state index contributed by atoms with van der Waals surface area (Å²) in [5, 5.41) is 2.93. The summed E-state index contributed by atoms with van der Waals surface area (Å²) in [6, 6.07) is 18.3. The third-order valence-corrected chi connectivity index (χ3v) is 4.54. The lowest BCUT2D eigenvalue weighted by molar-refractivity contribution is 0.127. The van der Waals surface area contributed by atoms with E-state index < -0.39 is 0 Å². The summed E-state index contributed by atoms with van der Waals surface area (Å²) < 4.78 is 6.33. The number of halogens is 1. The number of nitrogens with one attached hydrogen (secondary N) is 1. The molecule has 2 aromatic rings. The summed E-state index contributed by atoms with van der Waals surface area (Å²) in [5.74, 6) is 0.535. The van der Waals surface area contributed by atoms with Gasteiger partial charge >= 0.3 is 6.09 Å². The average Bonchev–Trinajstić information content (AvgIpc) is 2.51. The lowest BCUT2D eigenvalue weighted by Crippen LogP contribution is -2.43. The van der Waals surface area contributed by atoms with Gasteiger partial charge in [-0.2, -0.15) is 0 Å². The van der Waals surface area contributed by atoms with Gasteiger partial charge in [-0.1, -0.05) is 58.4 Å². The number of rotatable bonds is 4.